The molecule has 6 heteroatoms. The molecule has 1 aromatic carbocycles. The molecular formula is C18H22N2O3S. The van der Waals surface area contributed by atoms with Crippen LogP contribution in [-0.2, 0) is 14.8 Å². The predicted octanol–water partition coefficient (Wildman–Crippen LogP) is 1.78. The molecule has 1 aliphatic heterocycles. The van der Waals surface area contributed by atoms with Crippen molar-refractivity contribution in [2.45, 2.75) is 30.1 Å². The van der Waals surface area contributed by atoms with Gasteiger partial charge in [0.1, 0.15) is 0 Å². The minimum Gasteiger partial charge on any atom is -0.355 e. The van der Waals surface area contributed by atoms with Gasteiger partial charge in [-0.15, -0.1) is 0 Å². The molecule has 1 amide bonds. The molecule has 0 spiro atoms. The summed E-state index contributed by atoms with van der Waals surface area (Å²) in [5, 5.41) is 2.80. The van der Waals surface area contributed by atoms with Crippen LogP contribution in [0.2, 0.25) is 0 Å². The predicted molar refractivity (Wildman–Crippen MR) is 90.8 cm³/mol. The Labute approximate surface area is 142 Å². The van der Waals surface area contributed by atoms with E-state index in [-0.39, 0.29) is 11.8 Å². The summed E-state index contributed by atoms with van der Waals surface area (Å²) in [6, 6.07) is 6.92. The molecule has 5 nitrogen and oxygen atoms in total. The standard InChI is InChI=1S/C18H22N2O3S/c21-18-9-16(10-19-18)13-3-5-17(6-4-13)24(22,23)20-11-15-8-12-1-2-14(15)7-12/h1-6,12,14-16,20H,7-11H2,(H,19,21). The average Bonchev–Trinajstić information content (AvgIpc) is 3.30. The second-order valence-corrected chi connectivity index (χ2v) is 8.93. The van der Waals surface area contributed by atoms with E-state index in [1.165, 1.54) is 6.42 Å². The Morgan fingerprint density at radius 2 is 1.92 bits per heavy atom. The molecule has 0 aromatic heterocycles. The number of nitrogens with one attached hydrogen (secondary N) is 2. The third kappa shape index (κ3) is 3.00. The lowest BCUT2D eigenvalue weighted by Gasteiger charge is -2.18. The molecule has 4 rings (SSSR count). The van der Waals surface area contributed by atoms with E-state index in [1.807, 2.05) is 12.1 Å². The summed E-state index contributed by atoms with van der Waals surface area (Å²) in [5.41, 5.74) is 1.01. The van der Waals surface area contributed by atoms with Crippen molar-refractivity contribution in [3.63, 3.8) is 0 Å². The van der Waals surface area contributed by atoms with Gasteiger partial charge in [-0.05, 0) is 48.3 Å². The highest BCUT2D eigenvalue weighted by molar-refractivity contribution is 7.89. The zero-order chi connectivity index (χ0) is 16.7. The molecule has 4 atom stereocenters. The summed E-state index contributed by atoms with van der Waals surface area (Å²) in [6.07, 6.45) is 7.23. The van der Waals surface area contributed by atoms with Gasteiger partial charge in [0.25, 0.3) is 0 Å². The molecule has 128 valence electrons. The first-order valence-corrected chi connectivity index (χ1v) is 10.0. The fourth-order valence-corrected chi connectivity index (χ4v) is 5.28. The first kappa shape index (κ1) is 15.8. The summed E-state index contributed by atoms with van der Waals surface area (Å²) in [4.78, 5) is 11.6. The SMILES string of the molecule is O=C1CC(c2ccc(S(=O)(=O)NCC3CC4C=CC3C4)cc2)CN1. The van der Waals surface area contributed by atoms with Crippen LogP contribution in [0.15, 0.2) is 41.3 Å². The normalized spacial score (nSPS) is 31.6. The van der Waals surface area contributed by atoms with Crippen molar-refractivity contribution in [2.75, 3.05) is 13.1 Å². The van der Waals surface area contributed by atoms with Crippen molar-refractivity contribution in [1.29, 1.82) is 0 Å². The second-order valence-electron chi connectivity index (χ2n) is 7.17. The lowest BCUT2D eigenvalue weighted by Crippen LogP contribution is -2.31. The lowest BCUT2D eigenvalue weighted by atomic mass is 9.94. The van der Waals surface area contributed by atoms with Gasteiger partial charge in [-0.2, -0.15) is 0 Å². The molecule has 1 saturated heterocycles. The van der Waals surface area contributed by atoms with E-state index in [4.69, 9.17) is 0 Å². The van der Waals surface area contributed by atoms with Gasteiger partial charge in [-0.25, -0.2) is 13.1 Å². The molecular weight excluding hydrogens is 324 g/mol. The molecule has 24 heavy (non-hydrogen) atoms. The molecule has 2 bridgehead atoms. The Balaban J connectivity index is 1.40. The first-order chi connectivity index (χ1) is 11.5. The van der Waals surface area contributed by atoms with Gasteiger partial charge in [0, 0.05) is 25.4 Å². The largest absolute Gasteiger partial charge is 0.355 e. The highest BCUT2D eigenvalue weighted by Crippen LogP contribution is 2.43. The average molecular weight is 346 g/mol. The van der Waals surface area contributed by atoms with Crippen molar-refractivity contribution >= 4 is 15.9 Å². The second kappa shape index (κ2) is 6.01. The van der Waals surface area contributed by atoms with E-state index in [0.717, 1.165) is 12.0 Å². The topological polar surface area (TPSA) is 75.3 Å². The van der Waals surface area contributed by atoms with E-state index in [2.05, 4.69) is 22.2 Å². The van der Waals surface area contributed by atoms with Crippen LogP contribution in [0.25, 0.3) is 0 Å². The van der Waals surface area contributed by atoms with Gasteiger partial charge in [0.05, 0.1) is 4.90 Å². The number of carbonyl (C=O) groups excluding carboxylic acids is 1. The van der Waals surface area contributed by atoms with Crippen molar-refractivity contribution in [3.05, 3.63) is 42.0 Å². The van der Waals surface area contributed by atoms with Crippen molar-refractivity contribution in [1.82, 2.24) is 10.0 Å². The van der Waals surface area contributed by atoms with Crippen molar-refractivity contribution in [3.8, 4) is 0 Å². The summed E-state index contributed by atoms with van der Waals surface area (Å²) in [7, 11) is -3.47. The summed E-state index contributed by atoms with van der Waals surface area (Å²) in [5.74, 6) is 1.80. The Kier molecular flexibility index (Phi) is 3.96. The van der Waals surface area contributed by atoms with Crippen molar-refractivity contribution in [2.24, 2.45) is 17.8 Å². The van der Waals surface area contributed by atoms with Gasteiger partial charge in [0.15, 0.2) is 0 Å². The minimum absolute atomic E-state index is 0.0540. The van der Waals surface area contributed by atoms with Gasteiger partial charge >= 0.3 is 0 Å². The fraction of sp³-hybridized carbons (Fsp3) is 0.500. The molecule has 2 N–H and O–H groups in total. The molecule has 1 heterocycles. The molecule has 4 unspecified atom stereocenters. The number of benzene rings is 1. The monoisotopic (exact) mass is 346 g/mol. The first-order valence-electron chi connectivity index (χ1n) is 8.56. The molecule has 2 aliphatic carbocycles. The maximum atomic E-state index is 12.5. The maximum Gasteiger partial charge on any atom is 0.240 e. The van der Waals surface area contributed by atoms with Crippen LogP contribution in [-0.4, -0.2) is 27.4 Å². The Morgan fingerprint density at radius 1 is 1.12 bits per heavy atom. The fourth-order valence-electron chi connectivity index (χ4n) is 4.19. The molecule has 3 aliphatic rings. The zero-order valence-corrected chi connectivity index (χ0v) is 14.3. The van der Waals surface area contributed by atoms with Gasteiger partial charge < -0.3 is 5.32 Å². The number of fused-ring (bicyclic) bond motifs is 2. The van der Waals surface area contributed by atoms with E-state index in [9.17, 15) is 13.2 Å². The van der Waals surface area contributed by atoms with Crippen LogP contribution in [0, 0.1) is 17.8 Å². The number of hydrogen-bond acceptors (Lipinski definition) is 3. The number of hydrogen-bond donors (Lipinski definition) is 2. The van der Waals surface area contributed by atoms with Crippen LogP contribution in [0.1, 0.15) is 30.7 Å². The highest BCUT2D eigenvalue weighted by atomic mass is 32.2. The highest BCUT2D eigenvalue weighted by Gasteiger charge is 2.36. The van der Waals surface area contributed by atoms with Crippen molar-refractivity contribution < 1.29 is 13.2 Å². The third-order valence-electron chi connectivity index (χ3n) is 5.59. The number of amides is 1. The summed E-state index contributed by atoms with van der Waals surface area (Å²) < 4.78 is 27.7. The summed E-state index contributed by atoms with van der Waals surface area (Å²) >= 11 is 0. The number of allylic oxidation sites excluding steroid dienone is 2. The Hall–Kier alpha value is -1.66. The number of rotatable bonds is 5. The lowest BCUT2D eigenvalue weighted by molar-refractivity contribution is -0.119. The van der Waals surface area contributed by atoms with E-state index >= 15 is 0 Å². The van der Waals surface area contributed by atoms with Crippen LogP contribution >= 0.6 is 0 Å². The maximum absolute atomic E-state index is 12.5. The number of carbonyl (C=O) groups is 1. The van der Waals surface area contributed by atoms with E-state index in [0.29, 0.717) is 42.2 Å². The smallest absolute Gasteiger partial charge is 0.240 e. The minimum atomic E-state index is -3.47. The van der Waals surface area contributed by atoms with E-state index in [1.54, 1.807) is 12.1 Å². The van der Waals surface area contributed by atoms with Crippen LogP contribution in [0.4, 0.5) is 0 Å². The van der Waals surface area contributed by atoms with Crippen LogP contribution < -0.4 is 10.0 Å². The van der Waals surface area contributed by atoms with Crippen LogP contribution in [0.5, 0.6) is 0 Å². The summed E-state index contributed by atoms with van der Waals surface area (Å²) in [6.45, 7) is 1.14. The third-order valence-corrected chi connectivity index (χ3v) is 7.03. The zero-order valence-electron chi connectivity index (χ0n) is 13.4. The Bertz CT molecular complexity index is 770. The quantitative estimate of drug-likeness (QED) is 0.798. The molecule has 0 radical (unpaired) electrons. The Morgan fingerprint density at radius 3 is 2.50 bits per heavy atom. The van der Waals surface area contributed by atoms with Gasteiger partial charge in [-0.1, -0.05) is 24.3 Å². The molecule has 2 fully saturated rings. The number of sulfonamides is 1. The molecule has 1 saturated carbocycles. The van der Waals surface area contributed by atoms with Gasteiger partial charge in [0.2, 0.25) is 15.9 Å². The van der Waals surface area contributed by atoms with Crippen LogP contribution in [0.3, 0.4) is 0 Å². The molecule has 1 aromatic rings. The van der Waals surface area contributed by atoms with E-state index < -0.39 is 10.0 Å². The van der Waals surface area contributed by atoms with Gasteiger partial charge in [-0.3, -0.25) is 4.79 Å².